The molecule has 2 heteroatoms. The highest BCUT2D eigenvalue weighted by atomic mass is 16.3. The van der Waals surface area contributed by atoms with Gasteiger partial charge in [-0.1, -0.05) is 0 Å². The van der Waals surface area contributed by atoms with Gasteiger partial charge in [0.25, 0.3) is 0 Å². The van der Waals surface area contributed by atoms with E-state index in [4.69, 9.17) is 0 Å². The summed E-state index contributed by atoms with van der Waals surface area (Å²) in [6, 6.07) is 1.39. The van der Waals surface area contributed by atoms with E-state index in [9.17, 15) is 5.11 Å². The standard InChI is InChI=1S/C11H21NO/c1-8(9-2-3-9)12-10-4-6-11(13)7-5-10/h8-13H,2-7H2,1H3/t8-,10?,11?/m1/s1. The first-order valence-corrected chi connectivity index (χ1v) is 5.70. The van der Waals surface area contributed by atoms with Crippen molar-refractivity contribution in [3.63, 3.8) is 0 Å². The van der Waals surface area contributed by atoms with E-state index in [-0.39, 0.29) is 6.10 Å². The van der Waals surface area contributed by atoms with Crippen LogP contribution in [0, 0.1) is 5.92 Å². The Labute approximate surface area is 80.7 Å². The van der Waals surface area contributed by atoms with Crippen LogP contribution in [0.4, 0.5) is 0 Å². The first-order valence-electron chi connectivity index (χ1n) is 5.70. The summed E-state index contributed by atoms with van der Waals surface area (Å²) in [5.74, 6) is 0.951. The molecule has 0 radical (unpaired) electrons. The van der Waals surface area contributed by atoms with Crippen molar-refractivity contribution in [2.75, 3.05) is 0 Å². The van der Waals surface area contributed by atoms with Crippen molar-refractivity contribution in [2.45, 2.75) is 63.6 Å². The van der Waals surface area contributed by atoms with Crippen molar-refractivity contribution in [3.05, 3.63) is 0 Å². The van der Waals surface area contributed by atoms with Crippen molar-refractivity contribution >= 4 is 0 Å². The molecular formula is C11H21NO. The van der Waals surface area contributed by atoms with Gasteiger partial charge in [0, 0.05) is 12.1 Å². The first-order chi connectivity index (χ1) is 6.25. The molecule has 2 nitrogen and oxygen atoms in total. The summed E-state index contributed by atoms with van der Waals surface area (Å²) in [6.45, 7) is 2.31. The lowest BCUT2D eigenvalue weighted by Crippen LogP contribution is -2.40. The van der Waals surface area contributed by atoms with Gasteiger partial charge in [0.1, 0.15) is 0 Å². The van der Waals surface area contributed by atoms with Gasteiger partial charge in [-0.25, -0.2) is 0 Å². The van der Waals surface area contributed by atoms with E-state index in [1.54, 1.807) is 0 Å². The van der Waals surface area contributed by atoms with Gasteiger partial charge in [-0.3, -0.25) is 0 Å². The molecule has 13 heavy (non-hydrogen) atoms. The van der Waals surface area contributed by atoms with Gasteiger partial charge in [-0.05, 0) is 51.4 Å². The largest absolute Gasteiger partial charge is 0.393 e. The molecule has 76 valence electrons. The van der Waals surface area contributed by atoms with E-state index in [2.05, 4.69) is 12.2 Å². The minimum Gasteiger partial charge on any atom is -0.393 e. The Hall–Kier alpha value is -0.0800. The van der Waals surface area contributed by atoms with Crippen LogP contribution in [-0.4, -0.2) is 23.3 Å². The minimum absolute atomic E-state index is 0.0192. The van der Waals surface area contributed by atoms with Gasteiger partial charge >= 0.3 is 0 Å². The van der Waals surface area contributed by atoms with Crippen LogP contribution in [0.2, 0.25) is 0 Å². The molecule has 0 aromatic rings. The average molecular weight is 183 g/mol. The topological polar surface area (TPSA) is 32.3 Å². The molecule has 0 amide bonds. The monoisotopic (exact) mass is 183 g/mol. The van der Waals surface area contributed by atoms with E-state index in [0.29, 0.717) is 12.1 Å². The molecule has 0 aliphatic heterocycles. The van der Waals surface area contributed by atoms with Crippen LogP contribution in [0.1, 0.15) is 45.4 Å². The van der Waals surface area contributed by atoms with Gasteiger partial charge in [0.15, 0.2) is 0 Å². The second-order valence-electron chi connectivity index (χ2n) is 4.80. The fraction of sp³-hybridized carbons (Fsp3) is 1.00. The molecular weight excluding hydrogens is 162 g/mol. The summed E-state index contributed by atoms with van der Waals surface area (Å²) < 4.78 is 0. The molecule has 2 aliphatic carbocycles. The number of aliphatic hydroxyl groups is 1. The van der Waals surface area contributed by atoms with E-state index >= 15 is 0 Å². The molecule has 0 saturated heterocycles. The molecule has 0 bridgehead atoms. The summed E-state index contributed by atoms with van der Waals surface area (Å²) in [7, 11) is 0. The second kappa shape index (κ2) is 3.97. The zero-order valence-electron chi connectivity index (χ0n) is 8.50. The summed E-state index contributed by atoms with van der Waals surface area (Å²) in [5, 5.41) is 13.0. The highest BCUT2D eigenvalue weighted by molar-refractivity contribution is 4.87. The molecule has 0 aromatic heterocycles. The van der Waals surface area contributed by atoms with Crippen LogP contribution in [0.15, 0.2) is 0 Å². The molecule has 2 fully saturated rings. The quantitative estimate of drug-likeness (QED) is 0.697. The van der Waals surface area contributed by atoms with Crippen molar-refractivity contribution in [2.24, 2.45) is 5.92 Å². The number of hydrogen-bond acceptors (Lipinski definition) is 2. The Morgan fingerprint density at radius 2 is 1.69 bits per heavy atom. The lowest BCUT2D eigenvalue weighted by Gasteiger charge is -2.29. The predicted octanol–water partition coefficient (Wildman–Crippen LogP) is 1.68. The van der Waals surface area contributed by atoms with Gasteiger partial charge < -0.3 is 10.4 Å². The van der Waals surface area contributed by atoms with Crippen LogP contribution in [0.25, 0.3) is 0 Å². The predicted molar refractivity (Wildman–Crippen MR) is 53.6 cm³/mol. The van der Waals surface area contributed by atoms with Gasteiger partial charge in [-0.2, -0.15) is 0 Å². The second-order valence-corrected chi connectivity index (χ2v) is 4.80. The summed E-state index contributed by atoms with van der Waals surface area (Å²) in [4.78, 5) is 0. The maximum Gasteiger partial charge on any atom is 0.0541 e. The maximum absolute atomic E-state index is 9.35. The van der Waals surface area contributed by atoms with Gasteiger partial charge in [0.2, 0.25) is 0 Å². The molecule has 0 heterocycles. The van der Waals surface area contributed by atoms with Crippen molar-refractivity contribution < 1.29 is 5.11 Å². The number of hydrogen-bond donors (Lipinski definition) is 2. The molecule has 2 saturated carbocycles. The van der Waals surface area contributed by atoms with Crippen molar-refractivity contribution in [3.8, 4) is 0 Å². The zero-order chi connectivity index (χ0) is 9.26. The molecule has 2 aliphatic rings. The van der Waals surface area contributed by atoms with E-state index < -0.39 is 0 Å². The third-order valence-corrected chi connectivity index (χ3v) is 3.52. The number of aliphatic hydroxyl groups excluding tert-OH is 1. The number of nitrogens with one attached hydrogen (secondary N) is 1. The Morgan fingerprint density at radius 3 is 2.23 bits per heavy atom. The lowest BCUT2D eigenvalue weighted by atomic mass is 9.92. The Balaban J connectivity index is 1.69. The fourth-order valence-corrected chi connectivity index (χ4v) is 2.35. The summed E-state index contributed by atoms with van der Waals surface area (Å²) in [5.41, 5.74) is 0. The molecule has 0 unspecified atom stereocenters. The average Bonchev–Trinajstić information content (AvgIpc) is 2.91. The number of rotatable bonds is 3. The maximum atomic E-state index is 9.35. The third kappa shape index (κ3) is 2.68. The van der Waals surface area contributed by atoms with Crippen LogP contribution in [0.5, 0.6) is 0 Å². The van der Waals surface area contributed by atoms with Crippen molar-refractivity contribution in [1.29, 1.82) is 0 Å². The minimum atomic E-state index is -0.0192. The molecule has 0 spiro atoms. The zero-order valence-corrected chi connectivity index (χ0v) is 8.50. The van der Waals surface area contributed by atoms with Crippen LogP contribution in [-0.2, 0) is 0 Å². The van der Waals surface area contributed by atoms with E-state index in [1.807, 2.05) is 0 Å². The highest BCUT2D eigenvalue weighted by Gasteiger charge is 2.30. The third-order valence-electron chi connectivity index (χ3n) is 3.52. The van der Waals surface area contributed by atoms with Crippen molar-refractivity contribution in [1.82, 2.24) is 5.32 Å². The first kappa shape index (κ1) is 9.47. The highest BCUT2D eigenvalue weighted by Crippen LogP contribution is 2.33. The van der Waals surface area contributed by atoms with Gasteiger partial charge in [-0.15, -0.1) is 0 Å². The fourth-order valence-electron chi connectivity index (χ4n) is 2.35. The van der Waals surface area contributed by atoms with Crippen LogP contribution < -0.4 is 5.32 Å². The Morgan fingerprint density at radius 1 is 1.08 bits per heavy atom. The molecule has 2 N–H and O–H groups in total. The smallest absolute Gasteiger partial charge is 0.0541 e. The van der Waals surface area contributed by atoms with E-state index in [0.717, 1.165) is 31.6 Å². The Kier molecular flexibility index (Phi) is 2.89. The van der Waals surface area contributed by atoms with Crippen LogP contribution in [0.3, 0.4) is 0 Å². The lowest BCUT2D eigenvalue weighted by molar-refractivity contribution is 0.114. The summed E-state index contributed by atoms with van der Waals surface area (Å²) >= 11 is 0. The normalized spacial score (nSPS) is 37.4. The summed E-state index contributed by atoms with van der Waals surface area (Å²) in [6.07, 6.45) is 7.14. The SMILES string of the molecule is C[C@@H](NC1CCC(O)CC1)C1CC1. The Bertz CT molecular complexity index is 159. The molecule has 0 aromatic carbocycles. The molecule has 1 atom stereocenters. The van der Waals surface area contributed by atoms with Gasteiger partial charge in [0.05, 0.1) is 6.10 Å². The molecule has 2 rings (SSSR count). The van der Waals surface area contributed by atoms with Crippen LogP contribution >= 0.6 is 0 Å². The van der Waals surface area contributed by atoms with E-state index in [1.165, 1.54) is 12.8 Å².